The number of hydrogen-bond acceptors (Lipinski definition) is 6. The van der Waals surface area contributed by atoms with Crippen LogP contribution in [0.5, 0.6) is 5.75 Å². The van der Waals surface area contributed by atoms with Crippen LogP contribution in [0.4, 0.5) is 0 Å². The molecule has 8 heteroatoms. The molecule has 0 unspecified atom stereocenters. The Labute approximate surface area is 267 Å². The van der Waals surface area contributed by atoms with Gasteiger partial charge in [0.25, 0.3) is 0 Å². The Hall–Kier alpha value is -1.19. The van der Waals surface area contributed by atoms with E-state index in [1.54, 1.807) is 7.11 Å². The Morgan fingerprint density at radius 1 is 1.09 bits per heavy atom. The van der Waals surface area contributed by atoms with Gasteiger partial charge in [-0.15, -0.1) is 0 Å². The molecular weight excluding hydrogens is 624 g/mol. The summed E-state index contributed by atoms with van der Waals surface area (Å²) in [4.78, 5) is 13.4. The molecule has 1 saturated heterocycles. The number of benzene rings is 1. The first kappa shape index (κ1) is 31.8. The Kier molecular flexibility index (Phi) is 8.31. The fourth-order valence-corrected chi connectivity index (χ4v) is 11.2. The monoisotopic (exact) mass is 674 g/mol. The van der Waals surface area contributed by atoms with E-state index in [-0.39, 0.29) is 51.1 Å². The molecule has 0 N–H and O–H groups in total. The van der Waals surface area contributed by atoms with E-state index in [9.17, 15) is 4.79 Å². The van der Waals surface area contributed by atoms with Gasteiger partial charge in [-0.25, -0.2) is 0 Å². The second-order valence-electron chi connectivity index (χ2n) is 15.8. The number of rotatable bonds is 8. The largest absolute Gasteiger partial charge is 0.497 e. The smallest absolute Gasteiger partial charge is 0.313 e. The highest BCUT2D eigenvalue weighted by Crippen LogP contribution is 2.62. The molecule has 1 aliphatic heterocycles. The van der Waals surface area contributed by atoms with Gasteiger partial charge in [0, 0.05) is 22.3 Å². The maximum atomic E-state index is 13.2. The summed E-state index contributed by atoms with van der Waals surface area (Å²) in [5, 5.41) is 0.168. The zero-order chi connectivity index (χ0) is 30.9. The van der Waals surface area contributed by atoms with Gasteiger partial charge in [-0.05, 0) is 98.7 Å². The maximum absolute atomic E-state index is 13.2. The summed E-state index contributed by atoms with van der Waals surface area (Å²) in [6.07, 6.45) is 6.12. The lowest BCUT2D eigenvalue weighted by molar-refractivity contribution is -0.151. The molecule has 238 valence electrons. The van der Waals surface area contributed by atoms with Crippen LogP contribution in [0.15, 0.2) is 36.4 Å². The lowest BCUT2D eigenvalue weighted by Gasteiger charge is -2.54. The highest BCUT2D eigenvalue weighted by molar-refractivity contribution is 9.09. The first-order valence-electron chi connectivity index (χ1n) is 16.3. The zero-order valence-electron chi connectivity index (χ0n) is 27.1. The molecule has 1 aromatic rings. The molecule has 1 heterocycles. The van der Waals surface area contributed by atoms with E-state index in [4.69, 9.17) is 23.4 Å². The number of carbonyl (C=O) groups excluding carboxylic acids is 1. The number of hydrogen-bond donors (Lipinski definition) is 0. The van der Waals surface area contributed by atoms with Crippen molar-refractivity contribution in [2.45, 2.75) is 120 Å². The quantitative estimate of drug-likeness (QED) is 0.121. The Morgan fingerprint density at radius 3 is 2.47 bits per heavy atom. The van der Waals surface area contributed by atoms with E-state index in [1.165, 1.54) is 0 Å². The molecule has 5 aliphatic rings. The number of cyclic esters (lactones) is 1. The summed E-state index contributed by atoms with van der Waals surface area (Å²) in [5.41, 5.74) is 1.58. The van der Waals surface area contributed by atoms with Crippen molar-refractivity contribution in [2.24, 2.45) is 29.1 Å². The molecule has 4 saturated carbocycles. The van der Waals surface area contributed by atoms with Gasteiger partial charge in [0.05, 0.1) is 44.1 Å². The van der Waals surface area contributed by atoms with Crippen molar-refractivity contribution in [3.8, 4) is 5.75 Å². The molecule has 0 amide bonds. The van der Waals surface area contributed by atoms with E-state index < -0.39 is 8.32 Å². The fraction of sp³-hybridized carbons (Fsp3) is 0.743. The van der Waals surface area contributed by atoms with Gasteiger partial charge in [0.2, 0.25) is 0 Å². The van der Waals surface area contributed by atoms with Gasteiger partial charge in [-0.1, -0.05) is 55.4 Å². The molecule has 4 aliphatic carbocycles. The van der Waals surface area contributed by atoms with Crippen LogP contribution in [-0.4, -0.2) is 56.7 Å². The maximum Gasteiger partial charge on any atom is 0.313 e. The van der Waals surface area contributed by atoms with Gasteiger partial charge >= 0.3 is 5.97 Å². The zero-order valence-corrected chi connectivity index (χ0v) is 29.7. The summed E-state index contributed by atoms with van der Waals surface area (Å²) in [5.74, 6) is 1.57. The third kappa shape index (κ3) is 5.39. The topological polar surface area (TPSA) is 63.2 Å². The van der Waals surface area contributed by atoms with Crippen LogP contribution in [0.2, 0.25) is 18.1 Å². The number of halogens is 1. The average Bonchev–Trinajstić information content (AvgIpc) is 3.60. The molecule has 6 nitrogen and oxygen atoms in total. The van der Waals surface area contributed by atoms with Crippen molar-refractivity contribution in [1.29, 1.82) is 0 Å². The normalized spacial score (nSPS) is 40.7. The first-order chi connectivity index (χ1) is 20.2. The second-order valence-corrected chi connectivity index (χ2v) is 21.5. The lowest BCUT2D eigenvalue weighted by Crippen LogP contribution is -2.56. The fourth-order valence-electron chi connectivity index (χ4n) is 8.79. The molecule has 0 aromatic heterocycles. The summed E-state index contributed by atoms with van der Waals surface area (Å²) in [7, 11) is -0.214. The van der Waals surface area contributed by atoms with Crippen LogP contribution in [0.3, 0.4) is 0 Å². The molecule has 1 aromatic carbocycles. The summed E-state index contributed by atoms with van der Waals surface area (Å²) < 4.78 is 31.7. The van der Waals surface area contributed by atoms with Crippen molar-refractivity contribution >= 4 is 30.2 Å². The predicted molar refractivity (Wildman–Crippen MR) is 174 cm³/mol. The summed E-state index contributed by atoms with van der Waals surface area (Å²) in [6, 6.07) is 8.11. The van der Waals surface area contributed by atoms with E-state index in [2.05, 4.69) is 75.4 Å². The summed E-state index contributed by atoms with van der Waals surface area (Å²) in [6.45, 7) is 19.5. The Balaban J connectivity index is 1.14. The predicted octanol–water partition coefficient (Wildman–Crippen LogP) is 7.84. The van der Waals surface area contributed by atoms with E-state index >= 15 is 0 Å². The van der Waals surface area contributed by atoms with Crippen LogP contribution in [0, 0.1) is 29.1 Å². The molecular formula is C35H51BrO6Si. The molecule has 43 heavy (non-hydrogen) atoms. The number of carbonyl (C=O) groups is 1. The van der Waals surface area contributed by atoms with Crippen molar-refractivity contribution in [3.05, 3.63) is 42.0 Å². The van der Waals surface area contributed by atoms with E-state index in [0.29, 0.717) is 31.0 Å². The molecule has 5 fully saturated rings. The van der Waals surface area contributed by atoms with Crippen LogP contribution in [0.25, 0.3) is 0 Å². The number of alkyl halides is 1. The molecule has 6 rings (SSSR count). The molecule has 1 spiro atoms. The third-order valence-electron chi connectivity index (χ3n) is 12.4. The lowest BCUT2D eigenvalue weighted by atomic mass is 9.53. The van der Waals surface area contributed by atoms with Gasteiger partial charge in [-0.2, -0.15) is 0 Å². The van der Waals surface area contributed by atoms with Crippen LogP contribution in [0.1, 0.15) is 71.8 Å². The standard InChI is InChI=1S/C35H51BrO6Si/c1-21-28(18-24-15-26(42-43(7,8)33(2,3)4)13-14-35(24)20-40-32(37)30(21)35)41-34(5)23-16-27(31(34)36)29(17-23)39-19-22-9-11-25(38-6)12-10-22/h9-12,23-24,26-31H,1,13-20H2,2-8H3/t23-,24+,26-,27+,28+,29+,30+,31+,34+,35+/m0/s1. The number of fused-ring (bicyclic) bond motifs is 2. The average molecular weight is 676 g/mol. The Morgan fingerprint density at radius 2 is 1.81 bits per heavy atom. The molecule has 10 atom stereocenters. The minimum absolute atomic E-state index is 0.104. The van der Waals surface area contributed by atoms with Gasteiger partial charge in [0.15, 0.2) is 8.32 Å². The number of ether oxygens (including phenoxy) is 4. The summed E-state index contributed by atoms with van der Waals surface area (Å²) >= 11 is 4.09. The van der Waals surface area contributed by atoms with E-state index in [1.807, 2.05) is 12.1 Å². The second kappa shape index (κ2) is 11.3. The van der Waals surface area contributed by atoms with Crippen molar-refractivity contribution in [2.75, 3.05) is 13.7 Å². The minimum atomic E-state index is -1.90. The van der Waals surface area contributed by atoms with Gasteiger partial charge in [-0.3, -0.25) is 4.79 Å². The first-order valence-corrected chi connectivity index (χ1v) is 20.1. The van der Waals surface area contributed by atoms with Crippen molar-refractivity contribution in [1.82, 2.24) is 0 Å². The van der Waals surface area contributed by atoms with Gasteiger partial charge in [0.1, 0.15) is 5.75 Å². The highest BCUT2D eigenvalue weighted by Gasteiger charge is 2.65. The number of esters is 1. The highest BCUT2D eigenvalue weighted by atomic mass is 79.9. The minimum Gasteiger partial charge on any atom is -0.497 e. The van der Waals surface area contributed by atoms with Crippen molar-refractivity contribution < 1.29 is 28.2 Å². The molecule has 2 bridgehead atoms. The van der Waals surface area contributed by atoms with Crippen LogP contribution >= 0.6 is 15.9 Å². The SMILES string of the molecule is C=C1[C@@H]2C(=O)OC[C@@]23CC[C@H](O[Si](C)(C)C(C)(C)C)C[C@@H]3C[C@H]1O[C@]1(C)[C@H]2C[C@@H]([C@H]1Br)[C@H](OCc1ccc(OC)cc1)C2. The molecule has 0 radical (unpaired) electrons. The number of methoxy groups -OCH3 is 1. The Bertz CT molecular complexity index is 1220. The van der Waals surface area contributed by atoms with Crippen LogP contribution in [-0.2, 0) is 30.0 Å². The van der Waals surface area contributed by atoms with E-state index in [0.717, 1.165) is 55.4 Å². The van der Waals surface area contributed by atoms with Crippen molar-refractivity contribution in [3.63, 3.8) is 0 Å². The van der Waals surface area contributed by atoms with Gasteiger partial charge < -0.3 is 23.4 Å². The third-order valence-corrected chi connectivity index (χ3v) is 18.6. The van der Waals surface area contributed by atoms with Crippen LogP contribution < -0.4 is 4.74 Å².